The van der Waals surface area contributed by atoms with Gasteiger partial charge in [-0.1, -0.05) is 6.92 Å². The Labute approximate surface area is 115 Å². The molecule has 1 unspecified atom stereocenters. The van der Waals surface area contributed by atoms with Gasteiger partial charge in [-0.3, -0.25) is 14.4 Å². The van der Waals surface area contributed by atoms with E-state index >= 15 is 0 Å². The highest BCUT2D eigenvalue weighted by molar-refractivity contribution is 6.00. The third-order valence-corrected chi connectivity index (χ3v) is 3.26. The van der Waals surface area contributed by atoms with Crippen LogP contribution in [-0.2, 0) is 16.0 Å². The van der Waals surface area contributed by atoms with E-state index in [1.807, 2.05) is 0 Å². The smallest absolute Gasteiger partial charge is 0.304 e. The molecule has 0 aromatic heterocycles. The molecule has 0 saturated carbocycles. The third kappa shape index (κ3) is 2.96. The molecule has 1 heterocycles. The van der Waals surface area contributed by atoms with Crippen LogP contribution in [0.25, 0.3) is 0 Å². The van der Waals surface area contributed by atoms with E-state index in [0.29, 0.717) is 23.3 Å². The van der Waals surface area contributed by atoms with Crippen LogP contribution in [0.15, 0.2) is 18.2 Å². The number of hydroxylamine groups is 1. The Kier molecular flexibility index (Phi) is 4.02. The van der Waals surface area contributed by atoms with Crippen molar-refractivity contribution in [2.45, 2.75) is 26.2 Å². The lowest BCUT2D eigenvalue weighted by atomic mass is 9.91. The minimum atomic E-state index is -0.995. The second-order valence-corrected chi connectivity index (χ2v) is 4.69. The summed E-state index contributed by atoms with van der Waals surface area (Å²) in [7, 11) is 0. The molecule has 0 saturated heterocycles. The van der Waals surface area contributed by atoms with Gasteiger partial charge in [0.15, 0.2) is 11.5 Å². The molecule has 6 nitrogen and oxygen atoms in total. The number of nitrogens with one attached hydrogen (secondary N) is 1. The molecule has 1 aliphatic rings. The molecule has 0 bridgehead atoms. The summed E-state index contributed by atoms with van der Waals surface area (Å²) in [5.41, 5.74) is 3.29. The van der Waals surface area contributed by atoms with Gasteiger partial charge in [0.25, 0.3) is 5.91 Å². The van der Waals surface area contributed by atoms with Gasteiger partial charge in [-0.2, -0.15) is 5.48 Å². The molecular weight excluding hydrogens is 262 g/mol. The monoisotopic (exact) mass is 277 g/mol. The average Bonchev–Trinajstić information content (AvgIpc) is 2.43. The molecule has 1 amide bonds. The van der Waals surface area contributed by atoms with Crippen molar-refractivity contribution in [2.75, 3.05) is 0 Å². The van der Waals surface area contributed by atoms with Crippen LogP contribution < -0.4 is 10.3 Å². The molecule has 0 fully saturated rings. The largest absolute Gasteiger partial charge is 0.481 e. The fraction of sp³-hybridized carbons (Fsp3) is 0.357. The SMILES string of the molecule is CCC(CC(=O)O)C(=O)c1ccc2c(c1)CC(=O)NO2. The number of hydrogen-bond acceptors (Lipinski definition) is 4. The molecule has 1 aliphatic heterocycles. The minimum absolute atomic E-state index is 0.145. The number of carboxylic acid groups (broad SMARTS) is 1. The van der Waals surface area contributed by atoms with Gasteiger partial charge in [0.05, 0.1) is 12.8 Å². The molecule has 2 rings (SSSR count). The number of carbonyl (C=O) groups excluding carboxylic acids is 2. The summed E-state index contributed by atoms with van der Waals surface area (Å²) >= 11 is 0. The number of fused-ring (bicyclic) bond motifs is 1. The Bertz CT molecular complexity index is 567. The first kappa shape index (κ1) is 14.0. The summed E-state index contributed by atoms with van der Waals surface area (Å²) in [6.45, 7) is 1.78. The van der Waals surface area contributed by atoms with Crippen molar-refractivity contribution < 1.29 is 24.3 Å². The molecular formula is C14H15NO5. The number of carboxylic acids is 1. The summed E-state index contributed by atoms with van der Waals surface area (Å²) in [6, 6.07) is 4.79. The molecule has 0 radical (unpaired) electrons. The quantitative estimate of drug-likeness (QED) is 0.792. The first-order chi connectivity index (χ1) is 9.51. The van der Waals surface area contributed by atoms with Gasteiger partial charge in [0.1, 0.15) is 0 Å². The van der Waals surface area contributed by atoms with Crippen LogP contribution in [0.2, 0.25) is 0 Å². The molecule has 106 valence electrons. The fourth-order valence-corrected chi connectivity index (χ4v) is 2.16. The van der Waals surface area contributed by atoms with Crippen molar-refractivity contribution in [1.82, 2.24) is 5.48 Å². The van der Waals surface area contributed by atoms with E-state index in [9.17, 15) is 14.4 Å². The van der Waals surface area contributed by atoms with Crippen LogP contribution in [0.3, 0.4) is 0 Å². The first-order valence-corrected chi connectivity index (χ1v) is 6.36. The predicted molar refractivity (Wildman–Crippen MR) is 69.3 cm³/mol. The van der Waals surface area contributed by atoms with Gasteiger partial charge < -0.3 is 9.94 Å². The Morgan fingerprint density at radius 1 is 1.45 bits per heavy atom. The van der Waals surface area contributed by atoms with Crippen molar-refractivity contribution in [3.05, 3.63) is 29.3 Å². The van der Waals surface area contributed by atoms with Crippen LogP contribution in [0.5, 0.6) is 5.75 Å². The maximum absolute atomic E-state index is 12.3. The van der Waals surface area contributed by atoms with E-state index in [4.69, 9.17) is 9.94 Å². The summed E-state index contributed by atoms with van der Waals surface area (Å²) in [5.74, 6) is -1.54. The number of ketones is 1. The highest BCUT2D eigenvalue weighted by atomic mass is 16.7. The van der Waals surface area contributed by atoms with Crippen molar-refractivity contribution in [3.8, 4) is 5.75 Å². The fourth-order valence-electron chi connectivity index (χ4n) is 2.16. The molecule has 0 spiro atoms. The van der Waals surface area contributed by atoms with E-state index in [1.165, 1.54) is 0 Å². The van der Waals surface area contributed by atoms with Gasteiger partial charge in [0, 0.05) is 17.0 Å². The van der Waals surface area contributed by atoms with E-state index in [2.05, 4.69) is 5.48 Å². The molecule has 2 N–H and O–H groups in total. The number of amides is 1. The maximum atomic E-state index is 12.3. The van der Waals surface area contributed by atoms with Crippen LogP contribution in [0.4, 0.5) is 0 Å². The van der Waals surface area contributed by atoms with Crippen LogP contribution in [0.1, 0.15) is 35.7 Å². The molecule has 1 atom stereocenters. The average molecular weight is 277 g/mol. The van der Waals surface area contributed by atoms with E-state index in [-0.39, 0.29) is 24.5 Å². The van der Waals surface area contributed by atoms with Gasteiger partial charge >= 0.3 is 5.97 Å². The maximum Gasteiger partial charge on any atom is 0.304 e. The minimum Gasteiger partial charge on any atom is -0.481 e. The van der Waals surface area contributed by atoms with Crippen molar-refractivity contribution in [2.24, 2.45) is 5.92 Å². The Balaban J connectivity index is 2.24. The Morgan fingerprint density at radius 3 is 2.85 bits per heavy atom. The summed E-state index contributed by atoms with van der Waals surface area (Å²) in [5, 5.41) is 8.81. The van der Waals surface area contributed by atoms with E-state index < -0.39 is 11.9 Å². The zero-order chi connectivity index (χ0) is 14.7. The second kappa shape index (κ2) is 5.73. The van der Waals surface area contributed by atoms with Crippen LogP contribution in [-0.4, -0.2) is 22.8 Å². The van der Waals surface area contributed by atoms with Crippen LogP contribution >= 0.6 is 0 Å². The first-order valence-electron chi connectivity index (χ1n) is 6.36. The Hall–Kier alpha value is -2.37. The lowest BCUT2D eigenvalue weighted by Crippen LogP contribution is -2.33. The van der Waals surface area contributed by atoms with E-state index in [0.717, 1.165) is 0 Å². The Morgan fingerprint density at radius 2 is 2.20 bits per heavy atom. The van der Waals surface area contributed by atoms with Crippen molar-refractivity contribution in [1.29, 1.82) is 0 Å². The summed E-state index contributed by atoms with van der Waals surface area (Å²) in [6.07, 6.45) is 0.411. The third-order valence-electron chi connectivity index (χ3n) is 3.26. The number of aliphatic carboxylic acids is 1. The summed E-state index contributed by atoms with van der Waals surface area (Å²) < 4.78 is 0. The molecule has 0 aliphatic carbocycles. The standard InChI is InChI=1S/C14H15NO5/c1-2-8(7-13(17)18)14(19)9-3-4-11-10(5-9)6-12(16)15-20-11/h3-5,8H,2,6-7H2,1H3,(H,15,16)(H,17,18). The normalized spacial score (nSPS) is 14.8. The topological polar surface area (TPSA) is 92.7 Å². The number of Topliss-reactive ketones (excluding diaryl/α,β-unsaturated/α-hetero) is 1. The lowest BCUT2D eigenvalue weighted by molar-refractivity contribution is -0.137. The zero-order valence-corrected chi connectivity index (χ0v) is 11.0. The van der Waals surface area contributed by atoms with Crippen LogP contribution in [0, 0.1) is 5.92 Å². The lowest BCUT2D eigenvalue weighted by Gasteiger charge is -2.18. The van der Waals surface area contributed by atoms with E-state index in [1.54, 1.807) is 25.1 Å². The second-order valence-electron chi connectivity index (χ2n) is 4.69. The number of carbonyl (C=O) groups is 3. The molecule has 6 heteroatoms. The van der Waals surface area contributed by atoms with Gasteiger partial charge in [-0.15, -0.1) is 0 Å². The summed E-state index contributed by atoms with van der Waals surface area (Å²) in [4.78, 5) is 39.3. The zero-order valence-electron chi connectivity index (χ0n) is 11.0. The van der Waals surface area contributed by atoms with Crippen molar-refractivity contribution in [3.63, 3.8) is 0 Å². The van der Waals surface area contributed by atoms with Crippen molar-refractivity contribution >= 4 is 17.7 Å². The highest BCUT2D eigenvalue weighted by Crippen LogP contribution is 2.25. The molecule has 1 aromatic rings. The van der Waals surface area contributed by atoms with Gasteiger partial charge in [0.2, 0.25) is 0 Å². The number of benzene rings is 1. The number of hydrogen-bond donors (Lipinski definition) is 2. The highest BCUT2D eigenvalue weighted by Gasteiger charge is 2.24. The molecule has 1 aromatic carbocycles. The predicted octanol–water partition coefficient (Wildman–Crippen LogP) is 1.34. The number of rotatable bonds is 5. The molecule has 20 heavy (non-hydrogen) atoms. The van der Waals surface area contributed by atoms with Gasteiger partial charge in [-0.05, 0) is 24.6 Å². The van der Waals surface area contributed by atoms with Gasteiger partial charge in [-0.25, -0.2) is 0 Å².